The van der Waals surface area contributed by atoms with Crippen LogP contribution in [0, 0.1) is 29.5 Å². The Bertz CT molecular complexity index is 2720. The molecule has 2 atom stereocenters. The Morgan fingerprint density at radius 2 is 1.68 bits per heavy atom. The van der Waals surface area contributed by atoms with Crippen LogP contribution in [0.25, 0.3) is 10.4 Å². The van der Waals surface area contributed by atoms with E-state index in [1.54, 1.807) is 37.6 Å². The third-order valence-corrected chi connectivity index (χ3v) is 13.1. The summed E-state index contributed by atoms with van der Waals surface area (Å²) in [6.45, 7) is 9.58. The second-order valence-electron chi connectivity index (χ2n) is 18.4. The average molecular weight is 1050 g/mol. The molecule has 2 aromatic heterocycles. The summed E-state index contributed by atoms with van der Waals surface area (Å²) in [6.07, 6.45) is -8.33. The van der Waals surface area contributed by atoms with Crippen LogP contribution in [0.3, 0.4) is 0 Å². The lowest BCUT2D eigenvalue weighted by atomic mass is 9.85. The molecular weight excluding hydrogens is 998 g/mol. The maximum absolute atomic E-state index is 15.4. The zero-order chi connectivity index (χ0) is 52.9. The van der Waals surface area contributed by atoms with Crippen LogP contribution in [0.4, 0.5) is 42.1 Å². The van der Waals surface area contributed by atoms with Crippen molar-refractivity contribution in [2.75, 3.05) is 49.4 Å². The van der Waals surface area contributed by atoms with Crippen LogP contribution in [0.5, 0.6) is 5.88 Å². The highest BCUT2D eigenvalue weighted by atomic mass is 32.1. The van der Waals surface area contributed by atoms with E-state index >= 15 is 4.39 Å². The van der Waals surface area contributed by atoms with E-state index in [9.17, 15) is 45.5 Å². The lowest BCUT2D eigenvalue weighted by molar-refractivity contribution is -0.144. The van der Waals surface area contributed by atoms with Gasteiger partial charge in [-0.05, 0) is 80.6 Å². The first-order valence-electron chi connectivity index (χ1n) is 22.5. The topological polar surface area (TPSA) is 179 Å². The molecule has 4 amide bonds. The van der Waals surface area contributed by atoms with Gasteiger partial charge in [0.1, 0.15) is 35.4 Å². The number of thiazole rings is 1. The number of ether oxygens (including phenoxy) is 3. The number of pyridine rings is 1. The molecule has 15 nitrogen and oxygen atoms in total. The second kappa shape index (κ2) is 22.2. The fourth-order valence-corrected chi connectivity index (χ4v) is 9.45. The number of aryl methyl sites for hydroxylation is 1. The summed E-state index contributed by atoms with van der Waals surface area (Å²) < 4.78 is 116. The molecule has 0 aliphatic carbocycles. The summed E-state index contributed by atoms with van der Waals surface area (Å²) in [5.74, 6) is -5.15. The minimum atomic E-state index is -5.34. The molecule has 386 valence electrons. The number of hydrogen-bond acceptors (Lipinski definition) is 12. The molecular formula is C48H51F7N8O7S2. The van der Waals surface area contributed by atoms with Gasteiger partial charge in [-0.15, -0.1) is 11.3 Å². The van der Waals surface area contributed by atoms with Crippen LogP contribution in [0.2, 0.25) is 0 Å². The van der Waals surface area contributed by atoms with E-state index in [4.69, 9.17) is 31.7 Å². The summed E-state index contributed by atoms with van der Waals surface area (Å²) in [5.41, 5.74) is -3.66. The molecule has 2 aromatic carbocycles. The van der Waals surface area contributed by atoms with Crippen LogP contribution in [0.15, 0.2) is 54.2 Å². The van der Waals surface area contributed by atoms with Gasteiger partial charge in [-0.2, -0.15) is 31.6 Å². The van der Waals surface area contributed by atoms with Crippen molar-refractivity contribution in [1.82, 2.24) is 25.5 Å². The van der Waals surface area contributed by atoms with E-state index in [1.165, 1.54) is 24.8 Å². The molecule has 24 heteroatoms. The molecule has 0 saturated carbocycles. The van der Waals surface area contributed by atoms with Crippen molar-refractivity contribution in [2.24, 2.45) is 5.41 Å². The number of anilines is 2. The SMILES string of the molecule is Cc1ncsc1-c1ccc(CNC(=O)[C@@H]2CCCN2C(=O)[C@@H](NC(=O)COCCOCCCOc2ncc(N3C(=S)N(c4ccc(C#N)c(C(F)(F)F)c4F)C(=O)C3(C)C)cc2C(F)(F)F)C(C)(C)C)cc1. The fraction of sp³-hybridized carbons (Fsp3) is 0.458. The zero-order valence-corrected chi connectivity index (χ0v) is 41.6. The Kier molecular flexibility index (Phi) is 17.0. The number of halogens is 7. The quantitative estimate of drug-likeness (QED) is 0.0557. The van der Waals surface area contributed by atoms with Gasteiger partial charge in [0.25, 0.3) is 5.91 Å². The van der Waals surface area contributed by atoms with Crippen LogP contribution in [-0.2, 0) is 47.5 Å². The lowest BCUT2D eigenvalue weighted by Crippen LogP contribution is -2.58. The highest BCUT2D eigenvalue weighted by molar-refractivity contribution is 7.81. The number of thiocarbonyl (C=S) groups is 1. The molecule has 0 radical (unpaired) electrons. The van der Waals surface area contributed by atoms with Gasteiger partial charge >= 0.3 is 12.4 Å². The number of nitrogens with one attached hydrogen (secondary N) is 2. The van der Waals surface area contributed by atoms with Crippen molar-refractivity contribution in [3.63, 3.8) is 0 Å². The van der Waals surface area contributed by atoms with Gasteiger partial charge < -0.3 is 34.6 Å². The predicted octanol–water partition coefficient (Wildman–Crippen LogP) is 8.12. The Balaban J connectivity index is 0.954. The van der Waals surface area contributed by atoms with Crippen molar-refractivity contribution in [3.05, 3.63) is 87.9 Å². The van der Waals surface area contributed by atoms with Gasteiger partial charge in [0, 0.05) is 26.1 Å². The third kappa shape index (κ3) is 12.3. The van der Waals surface area contributed by atoms with E-state index in [0.717, 1.165) is 38.9 Å². The van der Waals surface area contributed by atoms with E-state index in [2.05, 4.69) is 20.6 Å². The van der Waals surface area contributed by atoms with Crippen molar-refractivity contribution in [1.29, 1.82) is 5.26 Å². The lowest BCUT2D eigenvalue weighted by Gasteiger charge is -2.35. The fourth-order valence-electron chi connectivity index (χ4n) is 8.13. The summed E-state index contributed by atoms with van der Waals surface area (Å²) in [7, 11) is 0. The van der Waals surface area contributed by atoms with Gasteiger partial charge in [0.05, 0.1) is 65.1 Å². The monoisotopic (exact) mass is 1050 g/mol. The number of amides is 4. The number of rotatable bonds is 18. The highest BCUT2D eigenvalue weighted by Gasteiger charge is 2.53. The van der Waals surface area contributed by atoms with Crippen molar-refractivity contribution in [2.45, 2.75) is 97.3 Å². The number of nitrogens with zero attached hydrogens (tertiary/aromatic N) is 6. The zero-order valence-electron chi connectivity index (χ0n) is 39.9. The van der Waals surface area contributed by atoms with Crippen molar-refractivity contribution < 1.29 is 64.1 Å². The molecule has 4 aromatic rings. The van der Waals surface area contributed by atoms with Gasteiger partial charge in [-0.1, -0.05) is 45.0 Å². The normalized spacial score (nSPS) is 16.5. The van der Waals surface area contributed by atoms with Crippen molar-refractivity contribution in [3.8, 4) is 22.4 Å². The van der Waals surface area contributed by atoms with Gasteiger partial charge in [-0.25, -0.2) is 14.4 Å². The number of nitriles is 1. The van der Waals surface area contributed by atoms with E-state index in [-0.39, 0.29) is 45.3 Å². The summed E-state index contributed by atoms with van der Waals surface area (Å²) in [6, 6.07) is 9.35. The van der Waals surface area contributed by atoms with Gasteiger partial charge in [-0.3, -0.25) is 24.1 Å². The Labute approximate surface area is 419 Å². The molecule has 2 aliphatic rings. The van der Waals surface area contributed by atoms with Crippen LogP contribution in [-0.4, -0.2) is 101 Å². The maximum atomic E-state index is 15.4. The molecule has 0 bridgehead atoms. The first kappa shape index (κ1) is 55.0. The number of alkyl halides is 6. The van der Waals surface area contributed by atoms with Gasteiger partial charge in [0.2, 0.25) is 23.6 Å². The van der Waals surface area contributed by atoms with Crippen LogP contribution in [0.1, 0.15) is 81.8 Å². The first-order chi connectivity index (χ1) is 33.8. The second-order valence-corrected chi connectivity index (χ2v) is 19.6. The molecule has 2 fully saturated rings. The highest BCUT2D eigenvalue weighted by Crippen LogP contribution is 2.44. The molecule has 72 heavy (non-hydrogen) atoms. The molecule has 0 unspecified atom stereocenters. The van der Waals surface area contributed by atoms with Gasteiger partial charge in [0.15, 0.2) is 10.9 Å². The predicted molar refractivity (Wildman–Crippen MR) is 254 cm³/mol. The number of benzene rings is 2. The minimum Gasteiger partial charge on any atom is -0.477 e. The van der Waals surface area contributed by atoms with E-state index < -0.39 is 105 Å². The molecule has 0 spiro atoms. The standard InChI is InChI=1S/C48H51F7N8O7S2/c1-27-38(72-26-59-27)29-12-10-28(11-13-29)23-57-40(65)34-9-7-16-61(34)42(66)39(45(2,3)4)60-35(64)25-69-20-19-68-17-8-18-70-41-32(47(50,51)52)21-31(24-58-41)63-44(71)62(43(67)46(63,5)6)33-15-14-30(22-56)36(37(33)49)48(53,54)55/h10-15,21,24,26,34,39H,7-9,16-20,23,25H2,1-6H3,(H,57,65)(H,60,64)/t34-,39+/m0/s1. The minimum absolute atomic E-state index is 0.00414. The van der Waals surface area contributed by atoms with Crippen LogP contribution < -0.4 is 25.2 Å². The molecule has 6 rings (SSSR count). The smallest absolute Gasteiger partial charge is 0.421 e. The first-order valence-corrected chi connectivity index (χ1v) is 23.8. The van der Waals surface area contributed by atoms with E-state index in [1.807, 2.05) is 31.2 Å². The number of aromatic nitrogens is 2. The Hall–Kier alpha value is -6.29. The number of carbonyl (C=O) groups is 4. The molecule has 4 heterocycles. The largest absolute Gasteiger partial charge is 0.477 e. The number of likely N-dealkylation sites (tertiary alicyclic amines) is 1. The Morgan fingerprint density at radius 1 is 0.986 bits per heavy atom. The average Bonchev–Trinajstić information content (AvgIpc) is 4.02. The molecule has 2 N–H and O–H groups in total. The Morgan fingerprint density at radius 3 is 2.31 bits per heavy atom. The summed E-state index contributed by atoms with van der Waals surface area (Å²) in [4.78, 5) is 65.8. The number of hydrogen-bond donors (Lipinski definition) is 2. The van der Waals surface area contributed by atoms with E-state index in [0.29, 0.717) is 36.4 Å². The van der Waals surface area contributed by atoms with Crippen molar-refractivity contribution >= 4 is 63.7 Å². The molecule has 2 aliphatic heterocycles. The molecule has 2 saturated heterocycles. The van der Waals surface area contributed by atoms with Crippen LogP contribution >= 0.6 is 23.6 Å². The third-order valence-electron chi connectivity index (χ3n) is 11.8. The summed E-state index contributed by atoms with van der Waals surface area (Å²) >= 11 is 6.89. The summed E-state index contributed by atoms with van der Waals surface area (Å²) in [5, 5.41) is 14.2. The number of carbonyl (C=O) groups excluding carboxylic acids is 4. The maximum Gasteiger partial charge on any atom is 0.421 e.